The maximum atomic E-state index is 13.3. The molecular weight excluding hydrogens is 222 g/mol. The summed E-state index contributed by atoms with van der Waals surface area (Å²) in [5.41, 5.74) is 1.60. The zero-order chi connectivity index (χ0) is 12.4. The summed E-state index contributed by atoms with van der Waals surface area (Å²) in [6.45, 7) is 1.72. The molecule has 0 saturated carbocycles. The lowest BCUT2D eigenvalue weighted by atomic mass is 10.0. The van der Waals surface area contributed by atoms with Crippen LogP contribution in [0, 0.1) is 30.0 Å². The molecule has 0 fully saturated rings. The summed E-state index contributed by atoms with van der Waals surface area (Å²) in [5, 5.41) is 8.59. The first kappa shape index (κ1) is 11.2. The Bertz CT molecular complexity index is 615. The molecule has 1 heterocycles. The number of hydrogen-bond acceptors (Lipinski definition) is 2. The summed E-state index contributed by atoms with van der Waals surface area (Å²) in [6.07, 6.45) is 0. The second-order valence-corrected chi connectivity index (χ2v) is 3.61. The van der Waals surface area contributed by atoms with E-state index < -0.39 is 5.95 Å². The number of rotatable bonds is 1. The van der Waals surface area contributed by atoms with E-state index in [1.165, 1.54) is 18.2 Å². The summed E-state index contributed by atoms with van der Waals surface area (Å²) in [6, 6.07) is 8.79. The van der Waals surface area contributed by atoms with Gasteiger partial charge in [0.2, 0.25) is 5.95 Å². The van der Waals surface area contributed by atoms with Crippen LogP contribution in [0.15, 0.2) is 30.3 Å². The Morgan fingerprint density at radius 1 is 1.18 bits per heavy atom. The molecule has 0 spiro atoms. The summed E-state index contributed by atoms with van der Waals surface area (Å²) < 4.78 is 26.3. The molecule has 0 aliphatic heterocycles. The first-order valence-electron chi connectivity index (χ1n) is 4.95. The van der Waals surface area contributed by atoms with Crippen LogP contribution in [-0.2, 0) is 0 Å². The maximum absolute atomic E-state index is 13.3. The number of nitrogens with zero attached hydrogens (tertiary/aromatic N) is 2. The van der Waals surface area contributed by atoms with E-state index in [4.69, 9.17) is 5.26 Å². The van der Waals surface area contributed by atoms with Crippen molar-refractivity contribution in [3.05, 3.63) is 53.2 Å². The number of nitriles is 1. The lowest BCUT2D eigenvalue weighted by molar-refractivity contribution is 0.581. The van der Waals surface area contributed by atoms with Crippen LogP contribution in [0.4, 0.5) is 8.78 Å². The van der Waals surface area contributed by atoms with Gasteiger partial charge in [0.25, 0.3) is 0 Å². The molecule has 4 heteroatoms. The van der Waals surface area contributed by atoms with Crippen molar-refractivity contribution in [1.82, 2.24) is 4.98 Å². The van der Waals surface area contributed by atoms with E-state index in [1.807, 2.05) is 0 Å². The topological polar surface area (TPSA) is 36.7 Å². The fourth-order valence-electron chi connectivity index (χ4n) is 1.58. The fraction of sp³-hybridized carbons (Fsp3) is 0.0769. The van der Waals surface area contributed by atoms with Crippen molar-refractivity contribution in [2.45, 2.75) is 6.92 Å². The van der Waals surface area contributed by atoms with Crippen LogP contribution in [0.5, 0.6) is 0 Å². The molecule has 0 bridgehead atoms. The minimum absolute atomic E-state index is 0.103. The van der Waals surface area contributed by atoms with Gasteiger partial charge in [-0.15, -0.1) is 0 Å². The van der Waals surface area contributed by atoms with Crippen molar-refractivity contribution in [2.24, 2.45) is 0 Å². The van der Waals surface area contributed by atoms with Gasteiger partial charge in [0, 0.05) is 5.56 Å². The third-order valence-electron chi connectivity index (χ3n) is 2.43. The van der Waals surface area contributed by atoms with Crippen LogP contribution in [0.3, 0.4) is 0 Å². The number of aromatic nitrogens is 1. The Hall–Kier alpha value is -2.28. The largest absolute Gasteiger partial charge is 0.231 e. The Morgan fingerprint density at radius 2 is 1.94 bits per heavy atom. The van der Waals surface area contributed by atoms with Crippen LogP contribution in [0.2, 0.25) is 0 Å². The number of benzene rings is 1. The van der Waals surface area contributed by atoms with E-state index >= 15 is 0 Å². The van der Waals surface area contributed by atoms with Gasteiger partial charge in [-0.25, -0.2) is 9.37 Å². The molecule has 2 aromatic rings. The van der Waals surface area contributed by atoms with Crippen molar-refractivity contribution in [1.29, 1.82) is 5.26 Å². The summed E-state index contributed by atoms with van der Waals surface area (Å²) in [4.78, 5) is 3.69. The van der Waals surface area contributed by atoms with Crippen molar-refractivity contribution < 1.29 is 8.78 Å². The molecule has 2 rings (SSSR count). The Balaban J connectivity index is 2.54. The number of hydrogen-bond donors (Lipinski definition) is 0. The second-order valence-electron chi connectivity index (χ2n) is 3.61. The highest BCUT2D eigenvalue weighted by molar-refractivity contribution is 5.63. The molecule has 1 aromatic carbocycles. The van der Waals surface area contributed by atoms with Crippen molar-refractivity contribution >= 4 is 0 Å². The predicted octanol–water partition coefficient (Wildman–Crippen LogP) is 3.21. The van der Waals surface area contributed by atoms with Crippen molar-refractivity contribution in [3.63, 3.8) is 0 Å². The molecule has 0 aliphatic carbocycles. The van der Waals surface area contributed by atoms with Gasteiger partial charge in [-0.3, -0.25) is 0 Å². The van der Waals surface area contributed by atoms with Gasteiger partial charge in [-0.1, -0.05) is 0 Å². The summed E-state index contributed by atoms with van der Waals surface area (Å²) >= 11 is 0. The van der Waals surface area contributed by atoms with E-state index in [1.54, 1.807) is 25.1 Å². The van der Waals surface area contributed by atoms with E-state index in [0.29, 0.717) is 16.8 Å². The highest BCUT2D eigenvalue weighted by Crippen LogP contribution is 2.23. The first-order chi connectivity index (χ1) is 8.11. The molecule has 84 valence electrons. The lowest BCUT2D eigenvalue weighted by Crippen LogP contribution is -1.94. The van der Waals surface area contributed by atoms with Gasteiger partial charge < -0.3 is 0 Å². The van der Waals surface area contributed by atoms with Gasteiger partial charge in [0.05, 0.1) is 5.69 Å². The Morgan fingerprint density at radius 3 is 2.53 bits per heavy atom. The second kappa shape index (κ2) is 4.30. The van der Waals surface area contributed by atoms with Crippen LogP contribution in [0.25, 0.3) is 11.3 Å². The molecule has 0 aliphatic rings. The monoisotopic (exact) mass is 230 g/mol. The van der Waals surface area contributed by atoms with Gasteiger partial charge in [-0.2, -0.15) is 9.65 Å². The minimum Gasteiger partial charge on any atom is -0.219 e. The number of pyridine rings is 1. The first-order valence-corrected chi connectivity index (χ1v) is 4.95. The van der Waals surface area contributed by atoms with Gasteiger partial charge in [0.15, 0.2) is 0 Å². The molecule has 0 atom stereocenters. The zero-order valence-corrected chi connectivity index (χ0v) is 9.04. The molecule has 0 radical (unpaired) electrons. The average molecular weight is 230 g/mol. The smallest absolute Gasteiger partial charge is 0.219 e. The zero-order valence-electron chi connectivity index (χ0n) is 9.04. The molecule has 0 saturated heterocycles. The molecular formula is C13H8F2N2. The summed E-state index contributed by atoms with van der Waals surface area (Å²) in [5.74, 6) is -1.16. The van der Waals surface area contributed by atoms with Gasteiger partial charge in [0.1, 0.15) is 17.4 Å². The Kier molecular flexibility index (Phi) is 2.84. The van der Waals surface area contributed by atoms with Crippen molar-refractivity contribution in [2.75, 3.05) is 0 Å². The van der Waals surface area contributed by atoms with Crippen LogP contribution in [0.1, 0.15) is 11.1 Å². The number of halogens is 2. The summed E-state index contributed by atoms with van der Waals surface area (Å²) in [7, 11) is 0. The SMILES string of the molecule is Cc1cc(F)ccc1-c1ccc(C#N)c(F)n1. The highest BCUT2D eigenvalue weighted by Gasteiger charge is 2.08. The van der Waals surface area contributed by atoms with E-state index in [9.17, 15) is 8.78 Å². The Labute approximate surface area is 97.2 Å². The third kappa shape index (κ3) is 2.13. The molecule has 17 heavy (non-hydrogen) atoms. The van der Waals surface area contributed by atoms with Crippen LogP contribution in [-0.4, -0.2) is 4.98 Å². The van der Waals surface area contributed by atoms with Crippen molar-refractivity contribution in [3.8, 4) is 17.3 Å². The maximum Gasteiger partial charge on any atom is 0.231 e. The quantitative estimate of drug-likeness (QED) is 0.705. The third-order valence-corrected chi connectivity index (χ3v) is 2.43. The molecule has 0 amide bonds. The number of aryl methyl sites for hydroxylation is 1. The van der Waals surface area contributed by atoms with Crippen LogP contribution < -0.4 is 0 Å². The standard InChI is InChI=1S/C13H8F2N2/c1-8-6-10(14)3-4-11(8)12-5-2-9(7-16)13(15)17-12/h2-6H,1H3. The molecule has 1 aromatic heterocycles. The normalized spacial score (nSPS) is 10.0. The minimum atomic E-state index is -0.811. The molecule has 0 unspecified atom stereocenters. The van der Waals surface area contributed by atoms with E-state index in [-0.39, 0.29) is 11.4 Å². The fourth-order valence-corrected chi connectivity index (χ4v) is 1.58. The predicted molar refractivity (Wildman–Crippen MR) is 59.0 cm³/mol. The van der Waals surface area contributed by atoms with E-state index in [2.05, 4.69) is 4.98 Å². The average Bonchev–Trinajstić information content (AvgIpc) is 2.29. The van der Waals surface area contributed by atoms with Gasteiger partial charge >= 0.3 is 0 Å². The van der Waals surface area contributed by atoms with E-state index in [0.717, 1.165) is 0 Å². The molecule has 0 N–H and O–H groups in total. The molecule has 2 nitrogen and oxygen atoms in total. The highest BCUT2D eigenvalue weighted by atomic mass is 19.1. The lowest BCUT2D eigenvalue weighted by Gasteiger charge is -2.05. The van der Waals surface area contributed by atoms with Gasteiger partial charge in [-0.05, 0) is 42.8 Å². The van der Waals surface area contributed by atoms with Crippen LogP contribution >= 0.6 is 0 Å².